The van der Waals surface area contributed by atoms with Crippen molar-refractivity contribution in [2.75, 3.05) is 5.33 Å². The third-order valence-electron chi connectivity index (χ3n) is 2.69. The molecule has 0 radical (unpaired) electrons. The number of aliphatic hydroxyl groups excluding tert-OH is 1. The van der Waals surface area contributed by atoms with Gasteiger partial charge >= 0.3 is 0 Å². The lowest BCUT2D eigenvalue weighted by Crippen LogP contribution is -2.24. The molecule has 70 valence electrons. The van der Waals surface area contributed by atoms with Gasteiger partial charge in [-0.15, -0.1) is 0 Å². The van der Waals surface area contributed by atoms with Crippen LogP contribution in [-0.2, 0) is 0 Å². The predicted octanol–water partition coefficient (Wildman–Crippen LogP) is 2.88. The molecule has 1 atom stereocenters. The van der Waals surface area contributed by atoms with Gasteiger partial charge in [-0.25, -0.2) is 0 Å². The van der Waals surface area contributed by atoms with Crippen molar-refractivity contribution in [3.05, 3.63) is 12.2 Å². The van der Waals surface area contributed by atoms with Gasteiger partial charge in [-0.3, -0.25) is 0 Å². The van der Waals surface area contributed by atoms with Crippen molar-refractivity contribution in [1.29, 1.82) is 0 Å². The molecule has 0 aromatic heterocycles. The summed E-state index contributed by atoms with van der Waals surface area (Å²) in [5.41, 5.74) is 0.932. The summed E-state index contributed by atoms with van der Waals surface area (Å²) in [5, 5.41) is 10.5. The van der Waals surface area contributed by atoms with Crippen LogP contribution in [0.4, 0.5) is 0 Å². The van der Waals surface area contributed by atoms with Crippen molar-refractivity contribution < 1.29 is 5.11 Å². The lowest BCUT2D eigenvalue weighted by atomic mass is 9.83. The Labute approximate surface area is 83.0 Å². The molecule has 1 nitrogen and oxygen atoms in total. The maximum absolute atomic E-state index is 9.81. The minimum Gasteiger partial charge on any atom is -0.388 e. The first kappa shape index (κ1) is 10.3. The van der Waals surface area contributed by atoms with Gasteiger partial charge in [0.1, 0.15) is 0 Å². The predicted molar refractivity (Wildman–Crippen MR) is 55.5 cm³/mol. The van der Waals surface area contributed by atoms with Crippen LogP contribution < -0.4 is 0 Å². The Balaban J connectivity index is 2.39. The molecule has 0 aromatic rings. The maximum Gasteiger partial charge on any atom is 0.0783 e. The summed E-state index contributed by atoms with van der Waals surface area (Å²) in [6, 6.07) is 0. The minimum atomic E-state index is -0.273. The monoisotopic (exact) mass is 232 g/mol. The zero-order valence-electron chi connectivity index (χ0n) is 7.43. The summed E-state index contributed by atoms with van der Waals surface area (Å²) in [4.78, 5) is 0. The van der Waals surface area contributed by atoms with Crippen molar-refractivity contribution in [3.63, 3.8) is 0 Å². The van der Waals surface area contributed by atoms with E-state index in [0.717, 1.165) is 10.9 Å². The van der Waals surface area contributed by atoms with Crippen LogP contribution in [-0.4, -0.2) is 16.5 Å². The average Bonchev–Trinajstić information content (AvgIpc) is 2.17. The molecule has 1 aliphatic rings. The summed E-state index contributed by atoms with van der Waals surface area (Å²) in [6.07, 6.45) is 5.96. The van der Waals surface area contributed by atoms with Crippen LogP contribution in [0.25, 0.3) is 0 Å². The molecule has 0 aromatic carbocycles. The second-order valence-electron chi connectivity index (χ2n) is 3.63. The van der Waals surface area contributed by atoms with E-state index in [0.29, 0.717) is 5.92 Å². The van der Waals surface area contributed by atoms with Gasteiger partial charge in [0.2, 0.25) is 0 Å². The van der Waals surface area contributed by atoms with E-state index in [9.17, 15) is 5.11 Å². The molecule has 0 heterocycles. The molecule has 0 spiro atoms. The number of aliphatic hydroxyl groups is 1. The Morgan fingerprint density at radius 2 is 2.00 bits per heavy atom. The van der Waals surface area contributed by atoms with Crippen LogP contribution in [0.1, 0.15) is 32.1 Å². The second kappa shape index (κ2) is 5.03. The molecule has 12 heavy (non-hydrogen) atoms. The van der Waals surface area contributed by atoms with Gasteiger partial charge in [0.25, 0.3) is 0 Å². The van der Waals surface area contributed by atoms with E-state index in [-0.39, 0.29) is 6.10 Å². The molecule has 1 fully saturated rings. The molecule has 0 aliphatic heterocycles. The smallest absolute Gasteiger partial charge is 0.0783 e. The number of hydrogen-bond donors (Lipinski definition) is 1. The van der Waals surface area contributed by atoms with Crippen LogP contribution >= 0.6 is 15.9 Å². The summed E-state index contributed by atoms with van der Waals surface area (Å²) in [5.74, 6) is 0.476. The lowest BCUT2D eigenvalue weighted by molar-refractivity contribution is 0.116. The van der Waals surface area contributed by atoms with E-state index in [4.69, 9.17) is 0 Å². The molecule has 1 N–H and O–H groups in total. The van der Waals surface area contributed by atoms with E-state index >= 15 is 0 Å². The van der Waals surface area contributed by atoms with Crippen molar-refractivity contribution >= 4 is 15.9 Å². The Bertz CT molecular complexity index is 150. The van der Waals surface area contributed by atoms with Gasteiger partial charge in [0.15, 0.2) is 0 Å². The van der Waals surface area contributed by atoms with Gasteiger partial charge in [-0.1, -0.05) is 41.8 Å². The summed E-state index contributed by atoms with van der Waals surface area (Å²) >= 11 is 3.32. The number of halogens is 1. The van der Waals surface area contributed by atoms with Crippen molar-refractivity contribution in [2.45, 2.75) is 38.2 Å². The Kier molecular flexibility index (Phi) is 4.30. The van der Waals surface area contributed by atoms with Gasteiger partial charge in [-0.05, 0) is 24.3 Å². The molecule has 1 rings (SSSR count). The Morgan fingerprint density at radius 3 is 2.50 bits per heavy atom. The Hall–Kier alpha value is 0.180. The first-order valence-electron chi connectivity index (χ1n) is 4.67. The number of rotatable bonds is 3. The fraction of sp³-hybridized carbons (Fsp3) is 0.800. The average molecular weight is 233 g/mol. The highest BCUT2D eigenvalue weighted by Crippen LogP contribution is 2.29. The van der Waals surface area contributed by atoms with E-state index in [2.05, 4.69) is 22.5 Å². The highest BCUT2D eigenvalue weighted by Gasteiger charge is 2.22. The lowest BCUT2D eigenvalue weighted by Gasteiger charge is -2.27. The SMILES string of the molecule is C=C(CBr)C(O)C1CCCCC1. The molecular formula is C10H17BrO. The fourth-order valence-electron chi connectivity index (χ4n) is 1.86. The molecule has 0 bridgehead atoms. The largest absolute Gasteiger partial charge is 0.388 e. The van der Waals surface area contributed by atoms with E-state index in [1.54, 1.807) is 0 Å². The number of hydrogen-bond acceptors (Lipinski definition) is 1. The van der Waals surface area contributed by atoms with Crippen LogP contribution in [0.2, 0.25) is 0 Å². The minimum absolute atomic E-state index is 0.273. The Morgan fingerprint density at radius 1 is 1.42 bits per heavy atom. The highest BCUT2D eigenvalue weighted by molar-refractivity contribution is 9.09. The summed E-state index contributed by atoms with van der Waals surface area (Å²) in [7, 11) is 0. The normalized spacial score (nSPS) is 22.2. The zero-order valence-corrected chi connectivity index (χ0v) is 9.02. The van der Waals surface area contributed by atoms with E-state index in [1.807, 2.05) is 0 Å². The van der Waals surface area contributed by atoms with Crippen LogP contribution in [0, 0.1) is 5.92 Å². The molecule has 0 saturated heterocycles. The summed E-state index contributed by atoms with van der Waals surface area (Å²) in [6.45, 7) is 3.85. The standard InChI is InChI=1S/C10H17BrO/c1-8(7-11)10(12)9-5-3-2-4-6-9/h9-10,12H,1-7H2. The number of alkyl halides is 1. The first-order valence-corrected chi connectivity index (χ1v) is 5.79. The van der Waals surface area contributed by atoms with Crippen LogP contribution in [0.5, 0.6) is 0 Å². The van der Waals surface area contributed by atoms with Gasteiger partial charge < -0.3 is 5.11 Å². The topological polar surface area (TPSA) is 20.2 Å². The van der Waals surface area contributed by atoms with E-state index < -0.39 is 0 Å². The molecular weight excluding hydrogens is 216 g/mol. The van der Waals surface area contributed by atoms with Crippen LogP contribution in [0.3, 0.4) is 0 Å². The van der Waals surface area contributed by atoms with Crippen molar-refractivity contribution in [2.24, 2.45) is 5.92 Å². The highest BCUT2D eigenvalue weighted by atomic mass is 79.9. The fourth-order valence-corrected chi connectivity index (χ4v) is 2.19. The summed E-state index contributed by atoms with van der Waals surface area (Å²) < 4.78 is 0. The molecule has 1 unspecified atom stereocenters. The molecule has 1 saturated carbocycles. The maximum atomic E-state index is 9.81. The van der Waals surface area contributed by atoms with Gasteiger partial charge in [0, 0.05) is 5.33 Å². The van der Waals surface area contributed by atoms with Crippen molar-refractivity contribution in [3.8, 4) is 0 Å². The molecule has 1 aliphatic carbocycles. The quantitative estimate of drug-likeness (QED) is 0.587. The van der Waals surface area contributed by atoms with Crippen LogP contribution in [0.15, 0.2) is 12.2 Å². The molecule has 2 heteroatoms. The van der Waals surface area contributed by atoms with Gasteiger partial charge in [0.05, 0.1) is 6.10 Å². The molecule has 0 amide bonds. The third kappa shape index (κ3) is 2.60. The first-order chi connectivity index (χ1) is 5.75. The zero-order chi connectivity index (χ0) is 8.97. The van der Waals surface area contributed by atoms with E-state index in [1.165, 1.54) is 32.1 Å². The second-order valence-corrected chi connectivity index (χ2v) is 4.20. The third-order valence-corrected chi connectivity index (χ3v) is 3.41. The van der Waals surface area contributed by atoms with Gasteiger partial charge in [-0.2, -0.15) is 0 Å². The van der Waals surface area contributed by atoms with Crippen molar-refractivity contribution in [1.82, 2.24) is 0 Å².